The van der Waals surface area contributed by atoms with Crippen molar-refractivity contribution in [3.63, 3.8) is 0 Å². The van der Waals surface area contributed by atoms with Crippen molar-refractivity contribution in [3.05, 3.63) is 65.9 Å². The number of amides is 1. The number of anilines is 2. The first-order valence-corrected chi connectivity index (χ1v) is 7.33. The SMILES string of the molecule is CN(/C=C(/C#N)C(=O)Nc1ccccc1C(F)(F)F)c1ccc(O)cc1. The van der Waals surface area contributed by atoms with Crippen LogP contribution < -0.4 is 10.2 Å². The van der Waals surface area contributed by atoms with E-state index in [9.17, 15) is 28.3 Å². The number of para-hydroxylation sites is 1. The van der Waals surface area contributed by atoms with Crippen molar-refractivity contribution in [3.8, 4) is 11.8 Å². The molecule has 0 fully saturated rings. The number of nitriles is 1. The molecule has 2 rings (SSSR count). The number of aromatic hydroxyl groups is 1. The van der Waals surface area contributed by atoms with Gasteiger partial charge in [0.2, 0.25) is 0 Å². The number of halogens is 3. The summed E-state index contributed by atoms with van der Waals surface area (Å²) >= 11 is 0. The summed E-state index contributed by atoms with van der Waals surface area (Å²) in [5, 5.41) is 20.6. The van der Waals surface area contributed by atoms with Crippen LogP contribution in [0.25, 0.3) is 0 Å². The average molecular weight is 361 g/mol. The molecule has 0 radical (unpaired) electrons. The molecule has 0 unspecified atom stereocenters. The smallest absolute Gasteiger partial charge is 0.418 e. The Balaban J connectivity index is 2.25. The minimum atomic E-state index is -4.64. The molecular weight excluding hydrogens is 347 g/mol. The van der Waals surface area contributed by atoms with E-state index < -0.39 is 23.3 Å². The molecule has 5 nitrogen and oxygen atoms in total. The van der Waals surface area contributed by atoms with E-state index in [1.165, 1.54) is 35.4 Å². The summed E-state index contributed by atoms with van der Waals surface area (Å²) in [7, 11) is 1.56. The van der Waals surface area contributed by atoms with Gasteiger partial charge < -0.3 is 15.3 Å². The van der Waals surface area contributed by atoms with Gasteiger partial charge in [-0.2, -0.15) is 18.4 Å². The number of nitrogens with zero attached hydrogens (tertiary/aromatic N) is 2. The molecule has 0 atom stereocenters. The molecule has 0 spiro atoms. The van der Waals surface area contributed by atoms with Crippen LogP contribution in [0.1, 0.15) is 5.56 Å². The maximum atomic E-state index is 13.0. The lowest BCUT2D eigenvalue weighted by Crippen LogP contribution is -2.20. The molecule has 0 saturated carbocycles. The molecule has 0 aliphatic rings. The molecule has 26 heavy (non-hydrogen) atoms. The predicted octanol–water partition coefficient (Wildman–Crippen LogP) is 3.89. The Labute approximate surface area is 147 Å². The van der Waals surface area contributed by atoms with Crippen LogP contribution in [0.15, 0.2) is 60.3 Å². The Hall–Kier alpha value is -3.47. The second-order valence-electron chi connectivity index (χ2n) is 5.28. The Bertz CT molecular complexity index is 868. The topological polar surface area (TPSA) is 76.4 Å². The third-order valence-electron chi connectivity index (χ3n) is 3.43. The fraction of sp³-hybridized carbons (Fsp3) is 0.111. The quantitative estimate of drug-likeness (QED) is 0.640. The lowest BCUT2D eigenvalue weighted by molar-refractivity contribution is -0.137. The van der Waals surface area contributed by atoms with E-state index in [4.69, 9.17) is 0 Å². The minimum absolute atomic E-state index is 0.0492. The fourth-order valence-corrected chi connectivity index (χ4v) is 2.12. The van der Waals surface area contributed by atoms with E-state index in [2.05, 4.69) is 5.32 Å². The predicted molar refractivity (Wildman–Crippen MR) is 90.3 cm³/mol. The Kier molecular flexibility index (Phi) is 5.52. The van der Waals surface area contributed by atoms with Crippen molar-refractivity contribution in [2.45, 2.75) is 6.18 Å². The standard InChI is InChI=1S/C18H14F3N3O2/c1-24(13-6-8-14(25)9-7-13)11-12(10-22)17(26)23-16-5-3-2-4-15(16)18(19,20)21/h2-9,11,25H,1H3,(H,23,26)/b12-11-. The van der Waals surface area contributed by atoms with Crippen LogP contribution >= 0.6 is 0 Å². The summed E-state index contributed by atoms with van der Waals surface area (Å²) in [6.07, 6.45) is -3.44. The van der Waals surface area contributed by atoms with Crippen LogP contribution in [0.5, 0.6) is 5.75 Å². The van der Waals surface area contributed by atoms with Crippen LogP contribution in [0.2, 0.25) is 0 Å². The number of benzene rings is 2. The number of nitrogens with one attached hydrogen (secondary N) is 1. The van der Waals surface area contributed by atoms with Crippen LogP contribution in [-0.2, 0) is 11.0 Å². The molecule has 0 aromatic heterocycles. The number of carbonyl (C=O) groups is 1. The molecule has 2 aromatic rings. The zero-order chi connectivity index (χ0) is 19.3. The average Bonchev–Trinajstić information content (AvgIpc) is 2.59. The summed E-state index contributed by atoms with van der Waals surface area (Å²) < 4.78 is 39.0. The highest BCUT2D eigenvalue weighted by Gasteiger charge is 2.33. The molecule has 0 bridgehead atoms. The van der Waals surface area contributed by atoms with Gasteiger partial charge in [-0.1, -0.05) is 12.1 Å². The van der Waals surface area contributed by atoms with Gasteiger partial charge in [-0.05, 0) is 36.4 Å². The molecule has 0 heterocycles. The number of phenols is 1. The zero-order valence-corrected chi connectivity index (χ0v) is 13.6. The van der Waals surface area contributed by atoms with Gasteiger partial charge in [0.05, 0.1) is 11.3 Å². The molecule has 0 aliphatic carbocycles. The van der Waals surface area contributed by atoms with Crippen molar-refractivity contribution < 1.29 is 23.1 Å². The van der Waals surface area contributed by atoms with Gasteiger partial charge in [0.1, 0.15) is 17.4 Å². The lowest BCUT2D eigenvalue weighted by atomic mass is 10.1. The van der Waals surface area contributed by atoms with Gasteiger partial charge in [-0.25, -0.2) is 0 Å². The first-order chi connectivity index (χ1) is 12.2. The molecule has 8 heteroatoms. The van der Waals surface area contributed by atoms with Gasteiger partial charge in [0.25, 0.3) is 5.91 Å². The number of hydrogen-bond donors (Lipinski definition) is 2. The van der Waals surface area contributed by atoms with Gasteiger partial charge in [0, 0.05) is 18.9 Å². The summed E-state index contributed by atoms with van der Waals surface area (Å²) in [4.78, 5) is 13.6. The van der Waals surface area contributed by atoms with E-state index in [1.807, 2.05) is 0 Å². The molecular formula is C18H14F3N3O2. The number of phenolic OH excluding ortho intramolecular Hbond substituents is 1. The Morgan fingerprint density at radius 3 is 2.38 bits per heavy atom. The van der Waals surface area contributed by atoms with Crippen molar-refractivity contribution in [1.82, 2.24) is 0 Å². The van der Waals surface area contributed by atoms with E-state index >= 15 is 0 Å². The van der Waals surface area contributed by atoms with Crippen molar-refractivity contribution in [1.29, 1.82) is 5.26 Å². The summed E-state index contributed by atoms with van der Waals surface area (Å²) in [6.45, 7) is 0. The fourth-order valence-electron chi connectivity index (χ4n) is 2.12. The summed E-state index contributed by atoms with van der Waals surface area (Å²) in [5.74, 6) is -0.914. The van der Waals surface area contributed by atoms with Gasteiger partial charge in [-0.15, -0.1) is 0 Å². The molecule has 1 amide bonds. The van der Waals surface area contributed by atoms with E-state index in [-0.39, 0.29) is 11.3 Å². The number of carbonyl (C=O) groups excluding carboxylic acids is 1. The van der Waals surface area contributed by atoms with Crippen LogP contribution in [0.4, 0.5) is 24.5 Å². The first-order valence-electron chi connectivity index (χ1n) is 7.33. The number of alkyl halides is 3. The zero-order valence-electron chi connectivity index (χ0n) is 13.6. The van der Waals surface area contributed by atoms with Gasteiger partial charge >= 0.3 is 6.18 Å². The van der Waals surface area contributed by atoms with Crippen LogP contribution in [0, 0.1) is 11.3 Å². The van der Waals surface area contributed by atoms with Gasteiger partial charge in [0.15, 0.2) is 0 Å². The number of hydrogen-bond acceptors (Lipinski definition) is 4. The highest BCUT2D eigenvalue weighted by molar-refractivity contribution is 6.07. The maximum Gasteiger partial charge on any atom is 0.418 e. The molecule has 2 N–H and O–H groups in total. The second kappa shape index (κ2) is 7.61. The summed E-state index contributed by atoms with van der Waals surface area (Å²) in [6, 6.07) is 12.1. The third-order valence-corrected chi connectivity index (χ3v) is 3.43. The first kappa shape index (κ1) is 18.9. The van der Waals surface area contributed by atoms with Crippen molar-refractivity contribution >= 4 is 17.3 Å². The Morgan fingerprint density at radius 2 is 1.81 bits per heavy atom. The van der Waals surface area contributed by atoms with Gasteiger partial charge in [-0.3, -0.25) is 4.79 Å². The minimum Gasteiger partial charge on any atom is -0.508 e. The van der Waals surface area contributed by atoms with Crippen molar-refractivity contribution in [2.75, 3.05) is 17.3 Å². The largest absolute Gasteiger partial charge is 0.508 e. The Morgan fingerprint density at radius 1 is 1.19 bits per heavy atom. The maximum absolute atomic E-state index is 13.0. The second-order valence-corrected chi connectivity index (χ2v) is 5.28. The van der Waals surface area contributed by atoms with E-state index in [0.717, 1.165) is 12.1 Å². The highest BCUT2D eigenvalue weighted by Crippen LogP contribution is 2.34. The van der Waals surface area contributed by atoms with Crippen LogP contribution in [0.3, 0.4) is 0 Å². The number of rotatable bonds is 4. The van der Waals surface area contributed by atoms with E-state index in [0.29, 0.717) is 5.69 Å². The lowest BCUT2D eigenvalue weighted by Gasteiger charge is -2.16. The van der Waals surface area contributed by atoms with Crippen molar-refractivity contribution in [2.24, 2.45) is 0 Å². The molecule has 2 aromatic carbocycles. The van der Waals surface area contributed by atoms with Crippen LogP contribution in [-0.4, -0.2) is 18.1 Å². The summed E-state index contributed by atoms with van der Waals surface area (Å²) in [5.41, 5.74) is -1.24. The monoisotopic (exact) mass is 361 g/mol. The molecule has 134 valence electrons. The molecule has 0 aliphatic heterocycles. The molecule has 0 saturated heterocycles. The highest BCUT2D eigenvalue weighted by atomic mass is 19.4. The normalized spacial score (nSPS) is 11.6. The third kappa shape index (κ3) is 4.54. The van der Waals surface area contributed by atoms with E-state index in [1.54, 1.807) is 25.2 Å².